The summed E-state index contributed by atoms with van der Waals surface area (Å²) in [5.74, 6) is -2.07. The van der Waals surface area contributed by atoms with Gasteiger partial charge in [0.2, 0.25) is 0 Å². The van der Waals surface area contributed by atoms with Gasteiger partial charge >= 0.3 is 11.9 Å². The van der Waals surface area contributed by atoms with E-state index in [1.807, 2.05) is 0 Å². The van der Waals surface area contributed by atoms with E-state index in [1.165, 1.54) is 77.0 Å². The van der Waals surface area contributed by atoms with Gasteiger partial charge < -0.3 is 4.74 Å². The number of hydrogen-bond donors (Lipinski definition) is 0. The van der Waals surface area contributed by atoms with Crippen LogP contribution in [-0.2, 0) is 23.9 Å². The molecule has 0 fully saturated rings. The van der Waals surface area contributed by atoms with E-state index in [0.717, 1.165) is 38.5 Å². The van der Waals surface area contributed by atoms with Gasteiger partial charge in [-0.3, -0.25) is 19.2 Å². The molecule has 5 nitrogen and oxygen atoms in total. The predicted molar refractivity (Wildman–Crippen MR) is 134 cm³/mol. The van der Waals surface area contributed by atoms with E-state index in [1.54, 1.807) is 0 Å². The van der Waals surface area contributed by atoms with Crippen LogP contribution in [0, 0.1) is 0 Å². The van der Waals surface area contributed by atoms with Gasteiger partial charge in [0.15, 0.2) is 0 Å². The van der Waals surface area contributed by atoms with Crippen LogP contribution in [0.3, 0.4) is 0 Å². The van der Waals surface area contributed by atoms with Crippen molar-refractivity contribution in [3.63, 3.8) is 0 Å². The monoisotopic (exact) mass is 466 g/mol. The summed E-state index contributed by atoms with van der Waals surface area (Å²) in [6.07, 6.45) is 20.9. The second kappa shape index (κ2) is 23.6. The molecule has 0 heterocycles. The van der Waals surface area contributed by atoms with E-state index in [4.69, 9.17) is 0 Å². The molecule has 0 atom stereocenters. The summed E-state index contributed by atoms with van der Waals surface area (Å²) in [6.45, 7) is 4.42. The number of ether oxygens (including phenoxy) is 1. The normalized spacial score (nSPS) is 10.8. The van der Waals surface area contributed by atoms with Gasteiger partial charge in [-0.15, -0.1) is 0 Å². The minimum absolute atomic E-state index is 0.197. The molecule has 33 heavy (non-hydrogen) atoms. The van der Waals surface area contributed by atoms with Gasteiger partial charge in [0, 0.05) is 12.8 Å². The number of ketones is 2. The number of esters is 2. The third kappa shape index (κ3) is 23.4. The molecule has 0 amide bonds. The minimum atomic E-state index is -0.836. The highest BCUT2D eigenvalue weighted by atomic mass is 16.6. The Morgan fingerprint density at radius 2 is 0.697 bits per heavy atom. The van der Waals surface area contributed by atoms with Crippen molar-refractivity contribution in [1.29, 1.82) is 0 Å². The van der Waals surface area contributed by atoms with Crippen LogP contribution in [-0.4, -0.2) is 23.5 Å². The van der Waals surface area contributed by atoms with Gasteiger partial charge in [-0.25, -0.2) is 0 Å². The Kier molecular flexibility index (Phi) is 22.5. The number of hydrogen-bond acceptors (Lipinski definition) is 5. The summed E-state index contributed by atoms with van der Waals surface area (Å²) in [5.41, 5.74) is 0. The zero-order valence-electron chi connectivity index (χ0n) is 21.6. The minimum Gasteiger partial charge on any atom is -0.392 e. The second-order valence-electron chi connectivity index (χ2n) is 9.43. The van der Waals surface area contributed by atoms with Crippen molar-refractivity contribution in [2.75, 3.05) is 0 Å². The molecule has 0 aliphatic heterocycles. The maximum atomic E-state index is 11.9. The van der Waals surface area contributed by atoms with E-state index < -0.39 is 11.9 Å². The molecule has 0 radical (unpaired) electrons. The highest BCUT2D eigenvalue weighted by Gasteiger charge is 2.17. The van der Waals surface area contributed by atoms with Crippen molar-refractivity contribution in [2.24, 2.45) is 0 Å². The summed E-state index contributed by atoms with van der Waals surface area (Å²) in [5, 5.41) is 0. The smallest absolute Gasteiger partial charge is 0.320 e. The van der Waals surface area contributed by atoms with E-state index >= 15 is 0 Å². The van der Waals surface area contributed by atoms with Crippen LogP contribution < -0.4 is 0 Å². The lowest BCUT2D eigenvalue weighted by atomic mass is 10.0. The Hall–Kier alpha value is -1.52. The van der Waals surface area contributed by atoms with Crippen LogP contribution in [0.25, 0.3) is 0 Å². The lowest BCUT2D eigenvalue weighted by Crippen LogP contribution is -2.18. The van der Waals surface area contributed by atoms with E-state index in [0.29, 0.717) is 12.8 Å². The van der Waals surface area contributed by atoms with Crippen LogP contribution in [0.5, 0.6) is 0 Å². The molecule has 5 heteroatoms. The van der Waals surface area contributed by atoms with Gasteiger partial charge in [-0.05, 0) is 12.8 Å². The first-order valence-electron chi connectivity index (χ1n) is 13.8. The Bertz CT molecular complexity index is 480. The molecule has 0 saturated heterocycles. The van der Waals surface area contributed by atoms with Crippen LogP contribution in [0.1, 0.15) is 155 Å². The average Bonchev–Trinajstić information content (AvgIpc) is 2.76. The standard InChI is InChI=1S/C28H50O5/c1-3-5-7-9-11-13-15-17-19-21-25(29)23-27(31)33-28(32)24-26(30)22-20-18-16-14-12-10-8-6-4-2/h3-24H2,1-2H3. The first kappa shape index (κ1) is 31.5. The first-order chi connectivity index (χ1) is 16.0. The summed E-state index contributed by atoms with van der Waals surface area (Å²) in [7, 11) is 0. The third-order valence-corrected chi connectivity index (χ3v) is 6.03. The van der Waals surface area contributed by atoms with Gasteiger partial charge in [0.25, 0.3) is 0 Å². The van der Waals surface area contributed by atoms with Crippen molar-refractivity contribution in [3.8, 4) is 0 Å². The number of rotatable bonds is 24. The Morgan fingerprint density at radius 1 is 0.424 bits per heavy atom. The Morgan fingerprint density at radius 3 is 1.00 bits per heavy atom. The molecule has 0 spiro atoms. The second-order valence-corrected chi connectivity index (χ2v) is 9.43. The maximum absolute atomic E-state index is 11.9. The Balaban J connectivity index is 3.63. The molecule has 0 aromatic carbocycles. The highest BCUT2D eigenvalue weighted by molar-refractivity contribution is 6.03. The molecular formula is C28H50O5. The molecule has 0 aliphatic rings. The van der Waals surface area contributed by atoms with E-state index in [9.17, 15) is 19.2 Å². The topological polar surface area (TPSA) is 77.5 Å². The van der Waals surface area contributed by atoms with Gasteiger partial charge in [0.05, 0.1) is 0 Å². The zero-order valence-corrected chi connectivity index (χ0v) is 21.6. The fraction of sp³-hybridized carbons (Fsp3) is 0.857. The lowest BCUT2D eigenvalue weighted by molar-refractivity contribution is -0.160. The SMILES string of the molecule is CCCCCCCCCCCC(=O)CC(=O)OC(=O)CC(=O)CCCCCCCCCCC. The number of unbranched alkanes of at least 4 members (excludes halogenated alkanes) is 16. The maximum Gasteiger partial charge on any atom is 0.320 e. The van der Waals surface area contributed by atoms with E-state index in [2.05, 4.69) is 18.6 Å². The van der Waals surface area contributed by atoms with Crippen molar-refractivity contribution in [2.45, 2.75) is 155 Å². The molecular weight excluding hydrogens is 416 g/mol. The average molecular weight is 467 g/mol. The Labute approximate surface area is 202 Å². The van der Waals surface area contributed by atoms with Crippen molar-refractivity contribution in [1.82, 2.24) is 0 Å². The lowest BCUT2D eigenvalue weighted by Gasteiger charge is -2.04. The number of carbonyl (C=O) groups excluding carboxylic acids is 4. The van der Waals surface area contributed by atoms with Crippen molar-refractivity contribution < 1.29 is 23.9 Å². The van der Waals surface area contributed by atoms with E-state index in [-0.39, 0.29) is 24.4 Å². The van der Waals surface area contributed by atoms with Crippen molar-refractivity contribution >= 4 is 23.5 Å². The molecule has 0 bridgehead atoms. The van der Waals surface area contributed by atoms with Crippen LogP contribution in [0.2, 0.25) is 0 Å². The molecule has 0 aromatic rings. The highest BCUT2D eigenvalue weighted by Crippen LogP contribution is 2.12. The van der Waals surface area contributed by atoms with Crippen LogP contribution in [0.4, 0.5) is 0 Å². The largest absolute Gasteiger partial charge is 0.392 e. The molecule has 0 saturated carbocycles. The fourth-order valence-corrected chi connectivity index (χ4v) is 3.96. The summed E-state index contributed by atoms with van der Waals surface area (Å²) in [4.78, 5) is 47.3. The van der Waals surface area contributed by atoms with Crippen LogP contribution >= 0.6 is 0 Å². The summed E-state index contributed by atoms with van der Waals surface area (Å²) in [6, 6.07) is 0. The summed E-state index contributed by atoms with van der Waals surface area (Å²) < 4.78 is 4.66. The number of carbonyl (C=O) groups is 4. The third-order valence-electron chi connectivity index (χ3n) is 6.03. The number of Topliss-reactive ketones (excluding diaryl/α,β-unsaturated/α-hetero) is 2. The first-order valence-corrected chi connectivity index (χ1v) is 13.8. The van der Waals surface area contributed by atoms with Gasteiger partial charge in [-0.2, -0.15) is 0 Å². The molecule has 0 rings (SSSR count). The molecule has 0 aliphatic carbocycles. The van der Waals surface area contributed by atoms with Crippen molar-refractivity contribution in [3.05, 3.63) is 0 Å². The quantitative estimate of drug-likeness (QED) is 0.0823. The molecule has 192 valence electrons. The van der Waals surface area contributed by atoms with Gasteiger partial charge in [0.1, 0.15) is 24.4 Å². The molecule has 0 unspecified atom stereocenters. The van der Waals surface area contributed by atoms with Gasteiger partial charge in [-0.1, -0.05) is 117 Å². The zero-order chi connectivity index (χ0) is 24.6. The van der Waals surface area contributed by atoms with Crippen LogP contribution in [0.15, 0.2) is 0 Å². The molecule has 0 N–H and O–H groups in total. The summed E-state index contributed by atoms with van der Waals surface area (Å²) >= 11 is 0. The molecule has 0 aromatic heterocycles. The predicted octanol–water partition coefficient (Wildman–Crippen LogP) is 7.82. The fourth-order valence-electron chi connectivity index (χ4n) is 3.96.